The molecule has 0 spiro atoms. The SMILES string of the molecule is COCC(NCC(C)(C)SC)C(C)C. The summed E-state index contributed by atoms with van der Waals surface area (Å²) in [5.74, 6) is 0.618. The van der Waals surface area contributed by atoms with E-state index in [4.69, 9.17) is 4.74 Å². The van der Waals surface area contributed by atoms with E-state index in [1.165, 1.54) is 0 Å². The molecule has 0 amide bonds. The fourth-order valence-corrected chi connectivity index (χ4v) is 1.34. The third-order valence-electron chi connectivity index (χ3n) is 2.49. The van der Waals surface area contributed by atoms with Crippen LogP contribution in [0.3, 0.4) is 0 Å². The Bertz CT molecular complexity index is 148. The average molecular weight is 219 g/mol. The average Bonchev–Trinajstić information content (AvgIpc) is 2.12. The van der Waals surface area contributed by atoms with Crippen molar-refractivity contribution < 1.29 is 4.74 Å². The van der Waals surface area contributed by atoms with Crippen LogP contribution in [0.5, 0.6) is 0 Å². The molecular weight excluding hydrogens is 194 g/mol. The molecule has 0 aromatic heterocycles. The molecule has 0 aliphatic heterocycles. The Morgan fingerprint density at radius 2 is 1.93 bits per heavy atom. The Balaban J connectivity index is 3.93. The molecular formula is C11H25NOS. The lowest BCUT2D eigenvalue weighted by Crippen LogP contribution is -2.43. The minimum Gasteiger partial charge on any atom is -0.383 e. The van der Waals surface area contributed by atoms with Gasteiger partial charge in [-0.3, -0.25) is 0 Å². The second-order valence-corrected chi connectivity index (χ2v) is 6.16. The topological polar surface area (TPSA) is 21.3 Å². The third kappa shape index (κ3) is 5.89. The molecule has 0 radical (unpaired) electrons. The molecule has 0 aliphatic rings. The smallest absolute Gasteiger partial charge is 0.0618 e. The number of ether oxygens (including phenoxy) is 1. The van der Waals surface area contributed by atoms with E-state index in [0.29, 0.717) is 16.7 Å². The van der Waals surface area contributed by atoms with Gasteiger partial charge in [-0.1, -0.05) is 13.8 Å². The number of nitrogens with one attached hydrogen (secondary N) is 1. The van der Waals surface area contributed by atoms with E-state index >= 15 is 0 Å². The molecule has 14 heavy (non-hydrogen) atoms. The summed E-state index contributed by atoms with van der Waals surface area (Å²) in [4.78, 5) is 0. The van der Waals surface area contributed by atoms with Crippen LogP contribution >= 0.6 is 11.8 Å². The molecule has 0 aromatic rings. The van der Waals surface area contributed by atoms with Crippen molar-refractivity contribution in [3.63, 3.8) is 0 Å². The monoisotopic (exact) mass is 219 g/mol. The van der Waals surface area contributed by atoms with Gasteiger partial charge >= 0.3 is 0 Å². The molecule has 86 valence electrons. The summed E-state index contributed by atoms with van der Waals surface area (Å²) < 4.78 is 5.50. The normalized spacial score (nSPS) is 14.8. The van der Waals surface area contributed by atoms with Crippen LogP contribution in [-0.2, 0) is 4.74 Å². The molecule has 0 saturated carbocycles. The van der Waals surface area contributed by atoms with E-state index in [2.05, 4.69) is 39.3 Å². The van der Waals surface area contributed by atoms with Crippen LogP contribution < -0.4 is 5.32 Å². The Morgan fingerprint density at radius 3 is 2.29 bits per heavy atom. The molecule has 1 atom stereocenters. The second-order valence-electron chi connectivity index (χ2n) is 4.65. The lowest BCUT2D eigenvalue weighted by atomic mass is 10.0. The van der Waals surface area contributed by atoms with Crippen molar-refractivity contribution in [3.05, 3.63) is 0 Å². The lowest BCUT2D eigenvalue weighted by Gasteiger charge is -2.28. The van der Waals surface area contributed by atoms with Gasteiger partial charge in [0.05, 0.1) is 6.61 Å². The van der Waals surface area contributed by atoms with Crippen LogP contribution in [-0.4, -0.2) is 37.3 Å². The maximum absolute atomic E-state index is 5.19. The zero-order chi connectivity index (χ0) is 11.2. The predicted octanol–water partition coefficient (Wildman–Crippen LogP) is 2.39. The molecule has 1 unspecified atom stereocenters. The Labute approximate surface area is 93.2 Å². The largest absolute Gasteiger partial charge is 0.383 e. The molecule has 0 bridgehead atoms. The van der Waals surface area contributed by atoms with E-state index in [-0.39, 0.29) is 0 Å². The Kier molecular flexibility index (Phi) is 6.83. The van der Waals surface area contributed by atoms with Crippen molar-refractivity contribution in [2.45, 2.75) is 38.5 Å². The van der Waals surface area contributed by atoms with E-state index in [0.717, 1.165) is 13.2 Å². The van der Waals surface area contributed by atoms with Gasteiger partial charge in [0.25, 0.3) is 0 Å². The summed E-state index contributed by atoms with van der Waals surface area (Å²) in [6.07, 6.45) is 2.16. The first kappa shape index (κ1) is 14.3. The quantitative estimate of drug-likeness (QED) is 0.710. The Morgan fingerprint density at radius 1 is 1.36 bits per heavy atom. The summed E-state index contributed by atoms with van der Waals surface area (Å²) in [6.45, 7) is 10.8. The lowest BCUT2D eigenvalue weighted by molar-refractivity contribution is 0.146. The molecule has 0 aliphatic carbocycles. The van der Waals surface area contributed by atoms with Crippen LogP contribution in [0.4, 0.5) is 0 Å². The minimum absolute atomic E-state index is 0.306. The fourth-order valence-electron chi connectivity index (χ4n) is 1.12. The van der Waals surface area contributed by atoms with Crippen molar-refractivity contribution in [3.8, 4) is 0 Å². The second kappa shape index (κ2) is 6.70. The van der Waals surface area contributed by atoms with Gasteiger partial charge in [-0.25, -0.2) is 0 Å². The molecule has 0 rings (SSSR count). The highest BCUT2D eigenvalue weighted by Crippen LogP contribution is 2.20. The van der Waals surface area contributed by atoms with E-state index in [1.807, 2.05) is 11.8 Å². The number of hydrogen-bond donors (Lipinski definition) is 1. The van der Waals surface area contributed by atoms with Gasteiger partial charge in [-0.15, -0.1) is 0 Å². The highest BCUT2D eigenvalue weighted by atomic mass is 32.2. The number of rotatable bonds is 7. The van der Waals surface area contributed by atoms with Crippen molar-refractivity contribution >= 4 is 11.8 Å². The van der Waals surface area contributed by atoms with Gasteiger partial charge in [-0.05, 0) is 26.0 Å². The van der Waals surface area contributed by atoms with Gasteiger partial charge in [-0.2, -0.15) is 11.8 Å². The third-order valence-corrected chi connectivity index (χ3v) is 3.74. The van der Waals surface area contributed by atoms with Crippen LogP contribution in [0, 0.1) is 5.92 Å². The first-order valence-corrected chi connectivity index (χ1v) is 6.43. The highest BCUT2D eigenvalue weighted by molar-refractivity contribution is 7.99. The molecule has 0 heterocycles. The molecule has 3 heteroatoms. The summed E-state index contributed by atoms with van der Waals surface area (Å²) in [5.41, 5.74) is 0. The number of methoxy groups -OCH3 is 1. The standard InChI is InChI=1S/C11H25NOS/c1-9(2)10(7-13-5)12-8-11(3,4)14-6/h9-10,12H,7-8H2,1-6H3. The zero-order valence-corrected chi connectivity index (χ0v) is 11.2. The van der Waals surface area contributed by atoms with Crippen LogP contribution in [0.15, 0.2) is 0 Å². The maximum atomic E-state index is 5.19. The van der Waals surface area contributed by atoms with Gasteiger partial charge in [0.2, 0.25) is 0 Å². The molecule has 0 fully saturated rings. The van der Waals surface area contributed by atoms with E-state index < -0.39 is 0 Å². The number of thioether (sulfide) groups is 1. The van der Waals surface area contributed by atoms with E-state index in [1.54, 1.807) is 7.11 Å². The molecule has 2 nitrogen and oxygen atoms in total. The number of hydrogen-bond acceptors (Lipinski definition) is 3. The summed E-state index contributed by atoms with van der Waals surface area (Å²) in [5, 5.41) is 3.57. The van der Waals surface area contributed by atoms with Crippen molar-refractivity contribution in [1.82, 2.24) is 5.32 Å². The highest BCUT2D eigenvalue weighted by Gasteiger charge is 2.19. The van der Waals surface area contributed by atoms with E-state index in [9.17, 15) is 0 Å². The minimum atomic E-state index is 0.306. The molecule has 0 aromatic carbocycles. The summed E-state index contributed by atoms with van der Waals surface area (Å²) >= 11 is 1.90. The van der Waals surface area contributed by atoms with Gasteiger partial charge in [0.15, 0.2) is 0 Å². The zero-order valence-electron chi connectivity index (χ0n) is 10.4. The summed E-state index contributed by atoms with van der Waals surface area (Å²) in [7, 11) is 1.76. The van der Waals surface area contributed by atoms with Crippen molar-refractivity contribution in [2.75, 3.05) is 26.5 Å². The van der Waals surface area contributed by atoms with Crippen LogP contribution in [0.25, 0.3) is 0 Å². The van der Waals surface area contributed by atoms with Gasteiger partial charge < -0.3 is 10.1 Å². The first-order valence-electron chi connectivity index (χ1n) is 5.20. The molecule has 0 saturated heterocycles. The summed E-state index contributed by atoms with van der Waals surface area (Å²) in [6, 6.07) is 0.464. The first-order chi connectivity index (χ1) is 6.43. The Hall–Kier alpha value is 0.270. The van der Waals surface area contributed by atoms with Crippen LogP contribution in [0.2, 0.25) is 0 Å². The van der Waals surface area contributed by atoms with Gasteiger partial charge in [0.1, 0.15) is 0 Å². The fraction of sp³-hybridized carbons (Fsp3) is 1.00. The maximum Gasteiger partial charge on any atom is 0.0618 e. The molecule has 1 N–H and O–H groups in total. The van der Waals surface area contributed by atoms with Crippen molar-refractivity contribution in [1.29, 1.82) is 0 Å². The predicted molar refractivity (Wildman–Crippen MR) is 66.1 cm³/mol. The van der Waals surface area contributed by atoms with Crippen molar-refractivity contribution in [2.24, 2.45) is 5.92 Å². The van der Waals surface area contributed by atoms with Crippen LogP contribution in [0.1, 0.15) is 27.7 Å². The van der Waals surface area contributed by atoms with Gasteiger partial charge in [0, 0.05) is 24.4 Å².